The van der Waals surface area contributed by atoms with E-state index in [1.165, 1.54) is 24.8 Å². The Morgan fingerprint density at radius 3 is 1.97 bits per heavy atom. The smallest absolute Gasteiger partial charge is 0.246 e. The van der Waals surface area contributed by atoms with Gasteiger partial charge in [-0.3, -0.25) is 4.79 Å². The third-order valence-electron chi connectivity index (χ3n) is 8.92. The molecule has 4 aliphatic rings. The van der Waals surface area contributed by atoms with Gasteiger partial charge < -0.3 is 0 Å². The van der Waals surface area contributed by atoms with Gasteiger partial charge >= 0.3 is 0 Å². The third-order valence-corrected chi connectivity index (χ3v) is 8.92. The van der Waals surface area contributed by atoms with Gasteiger partial charge in [0.25, 0.3) is 0 Å². The van der Waals surface area contributed by atoms with Gasteiger partial charge in [-0.05, 0) is 79.5 Å². The van der Waals surface area contributed by atoms with E-state index in [0.29, 0.717) is 0 Å². The summed E-state index contributed by atoms with van der Waals surface area (Å²) in [5, 5.41) is 9.40. The second kappa shape index (κ2) is 9.39. The number of rotatable bonds is 6. The topological polar surface area (TPSA) is 59.3 Å². The van der Waals surface area contributed by atoms with Crippen molar-refractivity contribution in [2.45, 2.75) is 38.5 Å². The second-order valence-electron chi connectivity index (χ2n) is 11.6. The quantitative estimate of drug-likeness (QED) is 0.232. The summed E-state index contributed by atoms with van der Waals surface area (Å²) in [6.45, 7) is 0. The lowest BCUT2D eigenvalue weighted by Gasteiger charge is -2.55. The molecule has 0 radical (unpaired) electrons. The summed E-state index contributed by atoms with van der Waals surface area (Å²) in [5.41, 5.74) is 8.76. The highest BCUT2D eigenvalue weighted by Gasteiger charge is 2.54. The van der Waals surface area contributed by atoms with Gasteiger partial charge in [-0.25, -0.2) is 10.1 Å². The molecule has 1 heterocycles. The number of nitrogens with one attached hydrogen (secondary N) is 1. The monoisotopic (exact) mass is 500 g/mol. The van der Waals surface area contributed by atoms with Gasteiger partial charge in [-0.1, -0.05) is 72.8 Å². The van der Waals surface area contributed by atoms with Crippen LogP contribution in [0.1, 0.15) is 44.1 Å². The van der Waals surface area contributed by atoms with Gasteiger partial charge in [-0.15, -0.1) is 0 Å². The lowest BCUT2D eigenvalue weighted by Crippen LogP contribution is -2.52. The van der Waals surface area contributed by atoms with Crippen molar-refractivity contribution in [2.75, 3.05) is 0 Å². The zero-order valence-corrected chi connectivity index (χ0v) is 21.5. The molecule has 4 fully saturated rings. The Kier molecular flexibility index (Phi) is 5.72. The maximum atomic E-state index is 13.4. The lowest BCUT2D eigenvalue weighted by molar-refractivity contribution is -0.146. The standard InChI is InChI=1S/C33H32N4O/c38-32(33-18-23-15-24(19-33)17-25(16-23)20-33)35-34-21-29-22-37(30-9-5-2-6-10-30)36-31(29)28-13-11-27(12-14-28)26-7-3-1-4-8-26/h1-14,21-25H,15-20H2,(H,35,38). The van der Waals surface area contributed by atoms with Crippen molar-refractivity contribution in [2.24, 2.45) is 28.3 Å². The zero-order valence-electron chi connectivity index (χ0n) is 21.5. The van der Waals surface area contributed by atoms with Gasteiger partial charge in [0.1, 0.15) is 5.69 Å². The molecule has 4 aromatic rings. The van der Waals surface area contributed by atoms with E-state index in [1.54, 1.807) is 6.21 Å². The van der Waals surface area contributed by atoms with Crippen molar-refractivity contribution in [3.05, 3.63) is 96.7 Å². The van der Waals surface area contributed by atoms with Crippen LogP contribution in [0.5, 0.6) is 0 Å². The molecule has 0 unspecified atom stereocenters. The lowest BCUT2D eigenvalue weighted by atomic mass is 9.49. The van der Waals surface area contributed by atoms with Crippen molar-refractivity contribution in [1.82, 2.24) is 15.2 Å². The summed E-state index contributed by atoms with van der Waals surface area (Å²) in [6, 6.07) is 28.9. The van der Waals surface area contributed by atoms with Gasteiger partial charge in [0.2, 0.25) is 5.91 Å². The number of benzene rings is 3. The first kappa shape index (κ1) is 23.2. The second-order valence-corrected chi connectivity index (χ2v) is 11.6. The van der Waals surface area contributed by atoms with Crippen molar-refractivity contribution in [1.29, 1.82) is 0 Å². The summed E-state index contributed by atoms with van der Waals surface area (Å²) in [7, 11) is 0. The average Bonchev–Trinajstić information content (AvgIpc) is 3.37. The number of carbonyl (C=O) groups excluding carboxylic acids is 1. The molecule has 0 saturated heterocycles. The molecule has 4 bridgehead atoms. The van der Waals surface area contributed by atoms with Crippen LogP contribution in [-0.4, -0.2) is 21.9 Å². The van der Waals surface area contributed by atoms with E-state index < -0.39 is 0 Å². The highest BCUT2D eigenvalue weighted by molar-refractivity contribution is 5.90. The Hall–Kier alpha value is -3.99. The number of nitrogens with zero attached hydrogens (tertiary/aromatic N) is 3. The molecule has 4 saturated carbocycles. The van der Waals surface area contributed by atoms with Crippen molar-refractivity contribution in [3.63, 3.8) is 0 Å². The SMILES string of the molecule is O=C(NN=Cc1cn(-c2ccccc2)nc1-c1ccc(-c2ccccc2)cc1)C12CC3CC(CC(C3)C1)C2. The van der Waals surface area contributed by atoms with Gasteiger partial charge in [0.05, 0.1) is 17.3 Å². The van der Waals surface area contributed by atoms with Crippen molar-refractivity contribution >= 4 is 12.1 Å². The largest absolute Gasteiger partial charge is 0.273 e. The molecule has 1 aromatic heterocycles. The Bertz CT molecular complexity index is 1440. The van der Waals surface area contributed by atoms with E-state index in [9.17, 15) is 4.79 Å². The highest BCUT2D eigenvalue weighted by Crippen LogP contribution is 2.60. The normalized spacial score (nSPS) is 25.6. The first-order valence-corrected chi connectivity index (χ1v) is 13.8. The Morgan fingerprint density at radius 1 is 0.789 bits per heavy atom. The minimum atomic E-state index is -0.212. The molecule has 0 spiro atoms. The van der Waals surface area contributed by atoms with Crippen LogP contribution in [0.15, 0.2) is 96.2 Å². The Balaban J connectivity index is 1.16. The summed E-state index contributed by atoms with van der Waals surface area (Å²) in [6.07, 6.45) is 10.8. The molecule has 4 aliphatic carbocycles. The van der Waals surface area contributed by atoms with E-state index in [0.717, 1.165) is 65.1 Å². The fraction of sp³-hybridized carbons (Fsp3) is 0.303. The molecule has 3 aromatic carbocycles. The van der Waals surface area contributed by atoms with Crippen LogP contribution in [-0.2, 0) is 4.79 Å². The van der Waals surface area contributed by atoms with E-state index in [4.69, 9.17) is 5.10 Å². The molecule has 1 N–H and O–H groups in total. The van der Waals surface area contributed by atoms with Crippen molar-refractivity contribution < 1.29 is 4.79 Å². The molecule has 38 heavy (non-hydrogen) atoms. The van der Waals surface area contributed by atoms with E-state index in [2.05, 4.69) is 59.1 Å². The minimum Gasteiger partial charge on any atom is -0.273 e. The van der Waals surface area contributed by atoms with Gasteiger partial charge in [0.15, 0.2) is 0 Å². The molecule has 0 aliphatic heterocycles. The summed E-state index contributed by atoms with van der Waals surface area (Å²) in [5.74, 6) is 2.29. The number of hydrazone groups is 1. The first-order chi connectivity index (χ1) is 18.6. The van der Waals surface area contributed by atoms with Crippen LogP contribution in [0.3, 0.4) is 0 Å². The molecular formula is C33H32N4O. The number of carbonyl (C=O) groups is 1. The molecule has 0 atom stereocenters. The van der Waals surface area contributed by atoms with Gasteiger partial charge in [0, 0.05) is 17.3 Å². The molecule has 8 rings (SSSR count). The zero-order chi connectivity index (χ0) is 25.5. The van der Waals surface area contributed by atoms with Crippen LogP contribution < -0.4 is 5.43 Å². The maximum Gasteiger partial charge on any atom is 0.246 e. The summed E-state index contributed by atoms with van der Waals surface area (Å²) in [4.78, 5) is 13.4. The van der Waals surface area contributed by atoms with Crippen LogP contribution in [0.4, 0.5) is 0 Å². The Morgan fingerprint density at radius 2 is 1.34 bits per heavy atom. The number of aromatic nitrogens is 2. The first-order valence-electron chi connectivity index (χ1n) is 13.8. The number of amides is 1. The van der Waals surface area contributed by atoms with Gasteiger partial charge in [-0.2, -0.15) is 10.2 Å². The van der Waals surface area contributed by atoms with E-state index in [1.807, 2.05) is 47.3 Å². The number of hydrogen-bond donors (Lipinski definition) is 1. The predicted molar refractivity (Wildman–Crippen MR) is 151 cm³/mol. The average molecular weight is 501 g/mol. The van der Waals surface area contributed by atoms with Crippen LogP contribution in [0.2, 0.25) is 0 Å². The van der Waals surface area contributed by atoms with Crippen molar-refractivity contribution in [3.8, 4) is 28.1 Å². The van der Waals surface area contributed by atoms with Crippen LogP contribution >= 0.6 is 0 Å². The molecule has 5 heteroatoms. The maximum absolute atomic E-state index is 13.4. The molecule has 1 amide bonds. The summed E-state index contributed by atoms with van der Waals surface area (Å²) < 4.78 is 1.88. The number of hydrogen-bond acceptors (Lipinski definition) is 3. The van der Waals surface area contributed by atoms with E-state index >= 15 is 0 Å². The Labute approximate surface area is 223 Å². The number of para-hydroxylation sites is 1. The van der Waals surface area contributed by atoms with Crippen LogP contribution in [0.25, 0.3) is 28.1 Å². The molecule has 5 nitrogen and oxygen atoms in total. The minimum absolute atomic E-state index is 0.108. The molecule has 190 valence electrons. The fourth-order valence-electron chi connectivity index (χ4n) is 7.54. The predicted octanol–water partition coefficient (Wildman–Crippen LogP) is 6.87. The third kappa shape index (κ3) is 4.26. The van der Waals surface area contributed by atoms with E-state index in [-0.39, 0.29) is 11.3 Å². The van der Waals surface area contributed by atoms with Crippen LogP contribution in [0, 0.1) is 23.2 Å². The molecular weight excluding hydrogens is 468 g/mol. The highest BCUT2D eigenvalue weighted by atomic mass is 16.2. The summed E-state index contributed by atoms with van der Waals surface area (Å²) >= 11 is 0. The fourth-order valence-corrected chi connectivity index (χ4v) is 7.54.